The van der Waals surface area contributed by atoms with Gasteiger partial charge in [-0.3, -0.25) is 0 Å². The Kier molecular flexibility index (Phi) is 2.60. The summed E-state index contributed by atoms with van der Waals surface area (Å²) in [5.74, 6) is 2.58. The first-order valence-corrected chi connectivity index (χ1v) is 6.54. The van der Waals surface area contributed by atoms with E-state index in [9.17, 15) is 0 Å². The van der Waals surface area contributed by atoms with Crippen molar-refractivity contribution in [1.82, 2.24) is 9.55 Å². The number of hydrogen-bond donors (Lipinski definition) is 1. The van der Waals surface area contributed by atoms with Crippen molar-refractivity contribution in [2.75, 3.05) is 0 Å². The molecule has 5 heteroatoms. The molecule has 1 unspecified atom stereocenters. The highest BCUT2D eigenvalue weighted by Crippen LogP contribution is 2.34. The third kappa shape index (κ3) is 1.73. The van der Waals surface area contributed by atoms with Crippen LogP contribution < -0.4 is 5.73 Å². The molecule has 0 fully saturated rings. The molecule has 2 aromatic heterocycles. The summed E-state index contributed by atoms with van der Waals surface area (Å²) in [5.41, 5.74) is 7.21. The van der Waals surface area contributed by atoms with Crippen LogP contribution in [0.4, 0.5) is 0 Å². The van der Waals surface area contributed by atoms with Crippen LogP contribution >= 0.6 is 15.9 Å². The number of rotatable bonds is 1. The molecule has 0 amide bonds. The maximum atomic E-state index is 6.12. The van der Waals surface area contributed by atoms with E-state index in [1.807, 2.05) is 19.1 Å². The number of aryl methyl sites for hydroxylation is 1. The molecular weight excluding hydrogens is 282 g/mol. The van der Waals surface area contributed by atoms with Gasteiger partial charge in [-0.2, -0.15) is 0 Å². The first-order valence-electron chi connectivity index (χ1n) is 5.75. The summed E-state index contributed by atoms with van der Waals surface area (Å²) in [4.78, 5) is 4.53. The number of nitrogens with two attached hydrogens (primary N) is 1. The third-order valence-corrected chi connectivity index (χ3v) is 3.75. The normalized spacial score (nSPS) is 19.4. The maximum absolute atomic E-state index is 6.12. The molecule has 0 radical (unpaired) electrons. The van der Waals surface area contributed by atoms with Gasteiger partial charge >= 0.3 is 0 Å². The van der Waals surface area contributed by atoms with Crippen molar-refractivity contribution in [3.8, 4) is 11.6 Å². The largest absolute Gasteiger partial charge is 0.458 e. The highest BCUT2D eigenvalue weighted by atomic mass is 79.9. The minimum atomic E-state index is 0.0652. The van der Waals surface area contributed by atoms with E-state index in [2.05, 4.69) is 25.5 Å². The standard InChI is InChI=1S/C12H14BrN3O/c1-7-4-5-9(17-7)12-15-11(13)10-8(14)3-2-6-16(10)12/h4-5,8H,2-3,6,14H2,1H3. The van der Waals surface area contributed by atoms with Crippen molar-refractivity contribution in [1.29, 1.82) is 0 Å². The van der Waals surface area contributed by atoms with Crippen LogP contribution in [0.15, 0.2) is 21.2 Å². The molecule has 17 heavy (non-hydrogen) atoms. The molecule has 4 nitrogen and oxygen atoms in total. The Morgan fingerprint density at radius 3 is 3.06 bits per heavy atom. The van der Waals surface area contributed by atoms with Crippen molar-refractivity contribution < 1.29 is 4.42 Å². The van der Waals surface area contributed by atoms with Gasteiger partial charge in [-0.15, -0.1) is 0 Å². The quantitative estimate of drug-likeness (QED) is 0.880. The lowest BCUT2D eigenvalue weighted by molar-refractivity contribution is 0.458. The van der Waals surface area contributed by atoms with Gasteiger partial charge in [-0.1, -0.05) is 0 Å². The number of nitrogens with zero attached hydrogens (tertiary/aromatic N) is 2. The first-order chi connectivity index (χ1) is 8.16. The summed E-state index contributed by atoms with van der Waals surface area (Å²) in [6.45, 7) is 2.89. The van der Waals surface area contributed by atoms with E-state index in [1.54, 1.807) is 0 Å². The smallest absolute Gasteiger partial charge is 0.177 e. The van der Waals surface area contributed by atoms with Gasteiger partial charge in [0.2, 0.25) is 0 Å². The predicted octanol–water partition coefficient (Wildman–Crippen LogP) is 3.01. The number of fused-ring (bicyclic) bond motifs is 1. The zero-order chi connectivity index (χ0) is 12.0. The summed E-state index contributed by atoms with van der Waals surface area (Å²) < 4.78 is 8.64. The van der Waals surface area contributed by atoms with Gasteiger partial charge in [0.25, 0.3) is 0 Å². The van der Waals surface area contributed by atoms with E-state index in [-0.39, 0.29) is 6.04 Å². The number of halogens is 1. The van der Waals surface area contributed by atoms with E-state index >= 15 is 0 Å². The highest BCUT2D eigenvalue weighted by Gasteiger charge is 2.26. The van der Waals surface area contributed by atoms with Crippen molar-refractivity contribution in [3.05, 3.63) is 28.2 Å². The summed E-state index contributed by atoms with van der Waals surface area (Å²) in [5, 5.41) is 0. The second-order valence-corrected chi connectivity index (χ2v) is 5.17. The van der Waals surface area contributed by atoms with Crippen molar-refractivity contribution in [2.45, 2.75) is 32.4 Å². The fourth-order valence-electron chi connectivity index (χ4n) is 2.36. The molecule has 1 aliphatic rings. The predicted molar refractivity (Wildman–Crippen MR) is 68.5 cm³/mol. The lowest BCUT2D eigenvalue weighted by Crippen LogP contribution is -2.22. The Morgan fingerprint density at radius 2 is 2.35 bits per heavy atom. The Morgan fingerprint density at radius 1 is 1.53 bits per heavy atom. The second-order valence-electron chi connectivity index (χ2n) is 4.42. The van der Waals surface area contributed by atoms with Crippen LogP contribution in [-0.4, -0.2) is 9.55 Å². The fourth-order valence-corrected chi connectivity index (χ4v) is 3.04. The number of furan rings is 1. The van der Waals surface area contributed by atoms with Crippen molar-refractivity contribution in [3.63, 3.8) is 0 Å². The lowest BCUT2D eigenvalue weighted by Gasteiger charge is -2.21. The van der Waals surface area contributed by atoms with Gasteiger partial charge in [-0.05, 0) is 47.8 Å². The summed E-state index contributed by atoms with van der Waals surface area (Å²) in [6, 6.07) is 3.97. The molecule has 0 saturated heterocycles. The molecule has 0 spiro atoms. The monoisotopic (exact) mass is 295 g/mol. The van der Waals surface area contributed by atoms with Crippen molar-refractivity contribution in [2.24, 2.45) is 5.73 Å². The van der Waals surface area contributed by atoms with Crippen LogP contribution in [0.1, 0.15) is 30.3 Å². The molecule has 2 aromatic rings. The Hall–Kier alpha value is -1.07. The molecule has 0 aliphatic carbocycles. The molecule has 0 bridgehead atoms. The average Bonchev–Trinajstić information content (AvgIpc) is 2.84. The molecule has 0 saturated carbocycles. The van der Waals surface area contributed by atoms with Gasteiger partial charge in [0, 0.05) is 12.6 Å². The molecule has 1 aliphatic heterocycles. The molecule has 90 valence electrons. The second kappa shape index (κ2) is 3.99. The SMILES string of the molecule is Cc1ccc(-c2nc(Br)c3n2CCCC3N)o1. The van der Waals surface area contributed by atoms with Crippen LogP contribution in [0.5, 0.6) is 0 Å². The van der Waals surface area contributed by atoms with Gasteiger partial charge < -0.3 is 14.7 Å². The first kappa shape index (κ1) is 11.0. The van der Waals surface area contributed by atoms with E-state index < -0.39 is 0 Å². The zero-order valence-corrected chi connectivity index (χ0v) is 11.2. The number of imidazole rings is 1. The van der Waals surface area contributed by atoms with Crippen LogP contribution in [-0.2, 0) is 6.54 Å². The van der Waals surface area contributed by atoms with E-state index in [0.29, 0.717) is 0 Å². The van der Waals surface area contributed by atoms with Crippen molar-refractivity contribution >= 4 is 15.9 Å². The highest BCUT2D eigenvalue weighted by molar-refractivity contribution is 9.10. The fraction of sp³-hybridized carbons (Fsp3) is 0.417. The van der Waals surface area contributed by atoms with Gasteiger partial charge in [-0.25, -0.2) is 4.98 Å². The Balaban J connectivity index is 2.16. The minimum absolute atomic E-state index is 0.0652. The summed E-state index contributed by atoms with van der Waals surface area (Å²) in [7, 11) is 0. The van der Waals surface area contributed by atoms with Gasteiger partial charge in [0.1, 0.15) is 10.4 Å². The van der Waals surface area contributed by atoms with Gasteiger partial charge in [0.15, 0.2) is 11.6 Å². The summed E-state index contributed by atoms with van der Waals surface area (Å²) >= 11 is 3.49. The van der Waals surface area contributed by atoms with Crippen LogP contribution in [0.25, 0.3) is 11.6 Å². The minimum Gasteiger partial charge on any atom is -0.458 e. The molecule has 3 heterocycles. The van der Waals surface area contributed by atoms with Crippen LogP contribution in [0.2, 0.25) is 0 Å². The molecule has 0 aromatic carbocycles. The molecule has 2 N–H and O–H groups in total. The Bertz CT molecular complexity index is 558. The number of aromatic nitrogens is 2. The molecular formula is C12H14BrN3O. The van der Waals surface area contributed by atoms with E-state index in [4.69, 9.17) is 10.2 Å². The van der Waals surface area contributed by atoms with E-state index in [0.717, 1.165) is 47.0 Å². The van der Waals surface area contributed by atoms with E-state index in [1.165, 1.54) is 0 Å². The van der Waals surface area contributed by atoms with Gasteiger partial charge in [0.05, 0.1) is 5.69 Å². The maximum Gasteiger partial charge on any atom is 0.177 e. The van der Waals surface area contributed by atoms with Crippen LogP contribution in [0.3, 0.4) is 0 Å². The molecule has 3 rings (SSSR count). The summed E-state index contributed by atoms with van der Waals surface area (Å²) in [6.07, 6.45) is 2.10. The third-order valence-electron chi connectivity index (χ3n) is 3.17. The topological polar surface area (TPSA) is 57.0 Å². The van der Waals surface area contributed by atoms with Crippen LogP contribution in [0, 0.1) is 6.92 Å². The zero-order valence-electron chi connectivity index (χ0n) is 9.61. The lowest BCUT2D eigenvalue weighted by atomic mass is 10.1. The molecule has 1 atom stereocenters. The number of hydrogen-bond acceptors (Lipinski definition) is 3. The Labute approximate surface area is 108 Å². The average molecular weight is 296 g/mol.